The van der Waals surface area contributed by atoms with Gasteiger partial charge in [0, 0.05) is 12.8 Å². The lowest BCUT2D eigenvalue weighted by molar-refractivity contribution is -0.155. The number of carboxylic acid groups (broad SMARTS) is 1. The Balaban J connectivity index is 3.49. The number of esters is 2. The molecule has 0 atom stereocenters. The van der Waals surface area contributed by atoms with Gasteiger partial charge in [0.25, 0.3) is 0 Å². The lowest BCUT2D eigenvalue weighted by Gasteiger charge is -2.03. The maximum Gasteiger partial charge on any atom is 0.341 e. The van der Waals surface area contributed by atoms with Crippen LogP contribution < -0.4 is 0 Å². The van der Waals surface area contributed by atoms with Crippen LogP contribution in [0.3, 0.4) is 0 Å². The minimum atomic E-state index is -1.21. The molecule has 0 fully saturated rings. The Kier molecular flexibility index (Phi) is 8.17. The van der Waals surface area contributed by atoms with E-state index in [1.54, 1.807) is 0 Å². The number of hydrogen-bond acceptors (Lipinski definition) is 6. The van der Waals surface area contributed by atoms with Gasteiger partial charge < -0.3 is 14.6 Å². The highest BCUT2D eigenvalue weighted by molar-refractivity contribution is 5.80. The molecule has 0 heterocycles. The number of Topliss-reactive ketones (excluding diaryl/α,β-unsaturated/α-hetero) is 1. The van der Waals surface area contributed by atoms with Crippen LogP contribution in [0.25, 0.3) is 0 Å². The zero-order chi connectivity index (χ0) is 14.0. The Morgan fingerprint density at radius 3 is 1.72 bits per heavy atom. The molecule has 0 aromatic carbocycles. The van der Waals surface area contributed by atoms with Crippen LogP contribution in [0.15, 0.2) is 0 Å². The lowest BCUT2D eigenvalue weighted by Crippen LogP contribution is -2.13. The van der Waals surface area contributed by atoms with Crippen molar-refractivity contribution in [1.29, 1.82) is 0 Å². The Labute approximate surface area is 104 Å². The molecule has 0 aliphatic rings. The van der Waals surface area contributed by atoms with Crippen LogP contribution in [0, 0.1) is 0 Å². The van der Waals surface area contributed by atoms with E-state index < -0.39 is 24.5 Å². The molecule has 0 aliphatic carbocycles. The van der Waals surface area contributed by atoms with Crippen LogP contribution in [-0.4, -0.2) is 42.0 Å². The first-order valence-corrected chi connectivity index (χ1v) is 5.44. The van der Waals surface area contributed by atoms with Crippen LogP contribution in [-0.2, 0) is 28.7 Å². The summed E-state index contributed by atoms with van der Waals surface area (Å²) in [6.07, 6.45) is 0.972. The molecule has 0 aliphatic heterocycles. The number of unbranched alkanes of at least 4 members (excludes halogenated alkanes) is 1. The third-order valence-electron chi connectivity index (χ3n) is 1.80. The Bertz CT molecular complexity index is 289. The minimum absolute atomic E-state index is 0.0489. The maximum atomic E-state index is 11.0. The molecule has 1 N–H and O–H groups in total. The zero-order valence-electron chi connectivity index (χ0n) is 10.1. The highest BCUT2D eigenvalue weighted by Crippen LogP contribution is 2.02. The van der Waals surface area contributed by atoms with Gasteiger partial charge in [0.2, 0.25) is 0 Å². The van der Waals surface area contributed by atoms with Crippen LogP contribution in [0.5, 0.6) is 0 Å². The second-order valence-electron chi connectivity index (χ2n) is 3.62. The van der Waals surface area contributed by atoms with Gasteiger partial charge in [-0.3, -0.25) is 14.4 Å². The molecule has 0 aromatic rings. The molecule has 0 saturated heterocycles. The van der Waals surface area contributed by atoms with E-state index in [0.717, 1.165) is 0 Å². The predicted molar refractivity (Wildman–Crippen MR) is 58.7 cm³/mol. The van der Waals surface area contributed by atoms with E-state index in [0.29, 0.717) is 12.8 Å². The molecule has 0 unspecified atom stereocenters. The molecule has 7 heteroatoms. The number of carbonyl (C=O) groups excluding carboxylic acids is 3. The Hall–Kier alpha value is -1.92. The Morgan fingerprint density at radius 1 is 0.889 bits per heavy atom. The first-order valence-electron chi connectivity index (χ1n) is 5.44. The molecule has 0 saturated carbocycles. The fourth-order valence-corrected chi connectivity index (χ4v) is 1.01. The summed E-state index contributed by atoms with van der Waals surface area (Å²) >= 11 is 0. The molecule has 0 aromatic heterocycles. The summed E-state index contributed by atoms with van der Waals surface area (Å²) in [4.78, 5) is 42.6. The number of carbonyl (C=O) groups is 4. The smallest absolute Gasteiger partial charge is 0.341 e. The fourth-order valence-electron chi connectivity index (χ4n) is 1.01. The first kappa shape index (κ1) is 16.1. The average Bonchev–Trinajstić information content (AvgIpc) is 2.29. The third-order valence-corrected chi connectivity index (χ3v) is 1.80. The topological polar surface area (TPSA) is 107 Å². The predicted octanol–water partition coefficient (Wildman–Crippen LogP) is 0.307. The summed E-state index contributed by atoms with van der Waals surface area (Å²) in [6.45, 7) is 0.421. The van der Waals surface area contributed by atoms with E-state index in [9.17, 15) is 19.2 Å². The third kappa shape index (κ3) is 10.6. The number of hydrogen-bond donors (Lipinski definition) is 1. The second kappa shape index (κ2) is 9.15. The summed E-state index contributed by atoms with van der Waals surface area (Å²) < 4.78 is 9.00. The van der Waals surface area contributed by atoms with Crippen LogP contribution in [0.2, 0.25) is 0 Å². The molecule has 0 spiro atoms. The van der Waals surface area contributed by atoms with Crippen molar-refractivity contribution in [2.24, 2.45) is 0 Å². The van der Waals surface area contributed by atoms with Crippen molar-refractivity contribution < 1.29 is 33.8 Å². The molecule has 102 valence electrons. The largest absolute Gasteiger partial charge is 0.479 e. The van der Waals surface area contributed by atoms with Gasteiger partial charge in [0.15, 0.2) is 12.4 Å². The van der Waals surface area contributed by atoms with Crippen molar-refractivity contribution in [2.45, 2.75) is 32.6 Å². The molecule has 0 bridgehead atoms. The van der Waals surface area contributed by atoms with Crippen molar-refractivity contribution >= 4 is 23.7 Å². The van der Waals surface area contributed by atoms with E-state index in [2.05, 4.69) is 9.47 Å². The highest BCUT2D eigenvalue weighted by Gasteiger charge is 2.08. The van der Waals surface area contributed by atoms with Gasteiger partial charge in [-0.15, -0.1) is 0 Å². The van der Waals surface area contributed by atoms with Gasteiger partial charge in [-0.1, -0.05) is 0 Å². The van der Waals surface area contributed by atoms with Crippen LogP contribution in [0.4, 0.5) is 0 Å². The van der Waals surface area contributed by atoms with Crippen molar-refractivity contribution in [3.63, 3.8) is 0 Å². The van der Waals surface area contributed by atoms with Crippen LogP contribution >= 0.6 is 0 Å². The Morgan fingerprint density at radius 2 is 1.33 bits per heavy atom. The molecule has 18 heavy (non-hydrogen) atoms. The molecule has 7 nitrogen and oxygen atoms in total. The molecular weight excluding hydrogens is 244 g/mol. The van der Waals surface area contributed by atoms with Crippen LogP contribution in [0.1, 0.15) is 32.6 Å². The van der Waals surface area contributed by atoms with Gasteiger partial charge in [-0.05, 0) is 19.8 Å². The van der Waals surface area contributed by atoms with E-state index in [1.807, 2.05) is 0 Å². The van der Waals surface area contributed by atoms with Gasteiger partial charge in [0.05, 0.1) is 0 Å². The van der Waals surface area contributed by atoms with Gasteiger partial charge >= 0.3 is 17.9 Å². The summed E-state index contributed by atoms with van der Waals surface area (Å²) in [6, 6.07) is 0. The number of rotatable bonds is 9. The molecule has 0 radical (unpaired) electrons. The van der Waals surface area contributed by atoms with E-state index >= 15 is 0 Å². The van der Waals surface area contributed by atoms with Gasteiger partial charge in [0.1, 0.15) is 6.61 Å². The SMILES string of the molecule is CC(=O)COC(=O)CCCCC(=O)OCC(=O)O. The molecule has 0 amide bonds. The maximum absolute atomic E-state index is 11.0. The van der Waals surface area contributed by atoms with E-state index in [-0.39, 0.29) is 25.2 Å². The monoisotopic (exact) mass is 260 g/mol. The fraction of sp³-hybridized carbons (Fsp3) is 0.636. The average molecular weight is 260 g/mol. The summed E-state index contributed by atoms with van der Waals surface area (Å²) in [5.41, 5.74) is 0. The summed E-state index contributed by atoms with van der Waals surface area (Å²) in [5.74, 6) is -2.56. The first-order chi connectivity index (χ1) is 8.41. The minimum Gasteiger partial charge on any atom is -0.479 e. The lowest BCUT2D eigenvalue weighted by atomic mass is 10.2. The van der Waals surface area contributed by atoms with Crippen molar-refractivity contribution in [3.8, 4) is 0 Å². The second-order valence-corrected chi connectivity index (χ2v) is 3.62. The number of ether oxygens (including phenoxy) is 2. The normalized spacial score (nSPS) is 9.61. The summed E-state index contributed by atoms with van der Waals surface area (Å²) in [5, 5.41) is 8.24. The highest BCUT2D eigenvalue weighted by atomic mass is 16.5. The quantitative estimate of drug-likeness (QED) is 0.469. The van der Waals surface area contributed by atoms with E-state index in [4.69, 9.17) is 5.11 Å². The molecular formula is C11H16O7. The van der Waals surface area contributed by atoms with Gasteiger partial charge in [-0.25, -0.2) is 4.79 Å². The summed E-state index contributed by atoms with van der Waals surface area (Å²) in [7, 11) is 0. The standard InChI is InChI=1S/C11H16O7/c1-8(12)6-17-10(15)4-2-3-5-11(16)18-7-9(13)14/h2-7H2,1H3,(H,13,14). The number of ketones is 1. The van der Waals surface area contributed by atoms with Crippen molar-refractivity contribution in [2.75, 3.05) is 13.2 Å². The van der Waals surface area contributed by atoms with Gasteiger partial charge in [-0.2, -0.15) is 0 Å². The number of carboxylic acids is 1. The van der Waals surface area contributed by atoms with E-state index in [1.165, 1.54) is 6.92 Å². The molecule has 0 rings (SSSR count). The number of aliphatic carboxylic acids is 1. The zero-order valence-corrected chi connectivity index (χ0v) is 10.1. The van der Waals surface area contributed by atoms with Crippen molar-refractivity contribution in [1.82, 2.24) is 0 Å². The van der Waals surface area contributed by atoms with Crippen molar-refractivity contribution in [3.05, 3.63) is 0 Å².